The largest absolute Gasteiger partial charge is 0.419 e. The minimum absolute atomic E-state index is 0.231. The lowest BCUT2D eigenvalue weighted by atomic mass is 10.2. The number of amides is 3. The van der Waals surface area contributed by atoms with Crippen molar-refractivity contribution in [1.29, 1.82) is 0 Å². The fourth-order valence-corrected chi connectivity index (χ4v) is 2.63. The summed E-state index contributed by atoms with van der Waals surface area (Å²) in [5.41, 5.74) is -0.813. The molecule has 0 spiro atoms. The first-order valence-corrected chi connectivity index (χ1v) is 7.68. The Bertz CT molecular complexity index is 1030. The molecule has 0 saturated carbocycles. The van der Waals surface area contributed by atoms with Crippen LogP contribution in [0.3, 0.4) is 0 Å². The van der Waals surface area contributed by atoms with E-state index in [1.807, 2.05) is 6.07 Å². The van der Waals surface area contributed by atoms with Crippen molar-refractivity contribution >= 4 is 34.7 Å². The molecule has 3 rings (SSSR count). The van der Waals surface area contributed by atoms with Gasteiger partial charge in [0.05, 0.1) is 11.3 Å². The van der Waals surface area contributed by atoms with Crippen molar-refractivity contribution in [1.82, 2.24) is 4.57 Å². The molecule has 9 heteroatoms. The Morgan fingerprint density at radius 3 is 2.56 bits per heavy atom. The number of hydrogen-bond acceptors (Lipinski definition) is 2. The molecule has 0 aliphatic carbocycles. The van der Waals surface area contributed by atoms with Gasteiger partial charge in [-0.3, -0.25) is 4.79 Å². The third kappa shape index (κ3) is 3.62. The van der Waals surface area contributed by atoms with Crippen LogP contribution in [-0.2, 0) is 18.0 Å². The second kappa shape index (κ2) is 6.75. The molecule has 1 heterocycles. The van der Waals surface area contributed by atoms with Crippen molar-refractivity contribution in [3.63, 3.8) is 0 Å². The van der Waals surface area contributed by atoms with Gasteiger partial charge >= 0.3 is 12.2 Å². The molecular formula is C18H13F4N3O2. The number of aromatic nitrogens is 1. The highest BCUT2D eigenvalue weighted by Gasteiger charge is 2.34. The van der Waals surface area contributed by atoms with E-state index >= 15 is 0 Å². The fraction of sp³-hybridized carbons (Fsp3) is 0.111. The number of benzene rings is 2. The lowest BCUT2D eigenvalue weighted by Gasteiger charge is -2.17. The van der Waals surface area contributed by atoms with Crippen LogP contribution in [0.2, 0.25) is 0 Å². The van der Waals surface area contributed by atoms with Crippen LogP contribution < -0.4 is 10.2 Å². The van der Waals surface area contributed by atoms with Crippen LogP contribution in [0.1, 0.15) is 5.56 Å². The van der Waals surface area contributed by atoms with Gasteiger partial charge in [-0.15, -0.1) is 0 Å². The average Bonchev–Trinajstić information content (AvgIpc) is 2.97. The third-order valence-electron chi connectivity index (χ3n) is 4.00. The van der Waals surface area contributed by atoms with Crippen LogP contribution in [0.5, 0.6) is 0 Å². The number of nitrogens with zero attached hydrogens (tertiary/aromatic N) is 2. The van der Waals surface area contributed by atoms with E-state index in [2.05, 4.69) is 5.32 Å². The van der Waals surface area contributed by atoms with Gasteiger partial charge in [-0.25, -0.2) is 14.1 Å². The van der Waals surface area contributed by atoms with E-state index in [0.29, 0.717) is 17.0 Å². The maximum atomic E-state index is 13.3. The Balaban J connectivity index is 1.89. The first kappa shape index (κ1) is 18.4. The number of urea groups is 1. The summed E-state index contributed by atoms with van der Waals surface area (Å²) in [5, 5.41) is 3.06. The molecule has 0 saturated heterocycles. The number of hydrogen-bond donors (Lipinski definition) is 1. The summed E-state index contributed by atoms with van der Waals surface area (Å²) in [4.78, 5) is 24.5. The topological polar surface area (TPSA) is 54.3 Å². The summed E-state index contributed by atoms with van der Waals surface area (Å²) in [6.07, 6.45) is -2.86. The van der Waals surface area contributed by atoms with Crippen molar-refractivity contribution in [3.8, 4) is 0 Å². The van der Waals surface area contributed by atoms with Crippen molar-refractivity contribution < 1.29 is 27.2 Å². The van der Waals surface area contributed by atoms with Gasteiger partial charge in [-0.05, 0) is 41.8 Å². The molecule has 0 unspecified atom stereocenters. The van der Waals surface area contributed by atoms with E-state index in [0.717, 1.165) is 17.0 Å². The SMILES string of the molecule is Cn1ccc2ccc(N(C=O)C(=O)Nc3ccc(F)c(C(F)(F)F)c3)cc21. The molecule has 0 atom stereocenters. The number of rotatable bonds is 3. The fourth-order valence-electron chi connectivity index (χ4n) is 2.63. The zero-order valence-electron chi connectivity index (χ0n) is 13.9. The number of fused-ring (bicyclic) bond motifs is 1. The van der Waals surface area contributed by atoms with Crippen LogP contribution >= 0.6 is 0 Å². The Morgan fingerprint density at radius 2 is 1.89 bits per heavy atom. The van der Waals surface area contributed by atoms with E-state index in [9.17, 15) is 27.2 Å². The van der Waals surface area contributed by atoms with E-state index in [1.54, 1.807) is 29.9 Å². The van der Waals surface area contributed by atoms with Gasteiger partial charge in [-0.1, -0.05) is 6.07 Å². The minimum atomic E-state index is -4.91. The first-order chi connectivity index (χ1) is 12.7. The van der Waals surface area contributed by atoms with E-state index in [4.69, 9.17) is 0 Å². The second-order valence-corrected chi connectivity index (χ2v) is 5.77. The molecule has 1 N–H and O–H groups in total. The molecule has 0 radical (unpaired) electrons. The summed E-state index contributed by atoms with van der Waals surface area (Å²) < 4.78 is 53.5. The normalized spacial score (nSPS) is 11.4. The van der Waals surface area contributed by atoms with Gasteiger partial charge in [0.1, 0.15) is 5.82 Å². The number of carbonyl (C=O) groups excluding carboxylic acids is 2. The highest BCUT2D eigenvalue weighted by Crippen LogP contribution is 2.33. The highest BCUT2D eigenvalue weighted by molar-refractivity contribution is 6.12. The number of nitrogens with one attached hydrogen (secondary N) is 1. The quantitative estimate of drug-likeness (QED) is 0.537. The van der Waals surface area contributed by atoms with E-state index in [1.165, 1.54) is 6.07 Å². The Hall–Kier alpha value is -3.36. The summed E-state index contributed by atoms with van der Waals surface area (Å²) in [6.45, 7) is 0. The molecule has 0 aliphatic heterocycles. The zero-order valence-corrected chi connectivity index (χ0v) is 13.9. The van der Waals surface area contributed by atoms with Crippen molar-refractivity contribution in [2.75, 3.05) is 10.2 Å². The van der Waals surface area contributed by atoms with Gasteiger partial charge in [-0.2, -0.15) is 13.2 Å². The minimum Gasteiger partial charge on any atom is -0.350 e. The molecule has 0 fully saturated rings. The number of aryl methyl sites for hydroxylation is 1. The van der Waals surface area contributed by atoms with Crippen LogP contribution in [-0.4, -0.2) is 17.0 Å². The van der Waals surface area contributed by atoms with E-state index < -0.39 is 23.6 Å². The summed E-state index contributed by atoms with van der Waals surface area (Å²) >= 11 is 0. The van der Waals surface area contributed by atoms with Gasteiger partial charge in [0.15, 0.2) is 0 Å². The van der Waals surface area contributed by atoms with Gasteiger partial charge < -0.3 is 9.88 Å². The zero-order chi connectivity index (χ0) is 19.8. The molecule has 140 valence electrons. The Morgan fingerprint density at radius 1 is 1.15 bits per heavy atom. The summed E-state index contributed by atoms with van der Waals surface area (Å²) in [5.74, 6) is -1.46. The van der Waals surface area contributed by atoms with Crippen LogP contribution in [0.4, 0.5) is 33.7 Å². The molecular weight excluding hydrogens is 366 g/mol. The summed E-state index contributed by atoms with van der Waals surface area (Å²) in [7, 11) is 1.79. The predicted octanol–water partition coefficient (Wildman–Crippen LogP) is 4.53. The summed E-state index contributed by atoms with van der Waals surface area (Å²) in [6, 6.07) is 7.74. The molecule has 3 amide bonds. The maximum absolute atomic E-state index is 13.3. The number of imide groups is 1. The standard InChI is InChI=1S/C18H13F4N3O2/c1-24-7-6-11-2-4-13(9-16(11)24)25(10-26)17(27)23-12-3-5-15(19)14(8-12)18(20,21)22/h2-10H,1H3,(H,23,27). The highest BCUT2D eigenvalue weighted by atomic mass is 19.4. The first-order valence-electron chi connectivity index (χ1n) is 7.68. The number of halogens is 4. The third-order valence-corrected chi connectivity index (χ3v) is 4.00. The monoisotopic (exact) mass is 379 g/mol. The Kier molecular flexibility index (Phi) is 4.61. The van der Waals surface area contributed by atoms with Crippen molar-refractivity contribution in [2.24, 2.45) is 7.05 Å². The number of carbonyl (C=O) groups is 2. The predicted molar refractivity (Wildman–Crippen MR) is 91.9 cm³/mol. The smallest absolute Gasteiger partial charge is 0.350 e. The van der Waals surface area contributed by atoms with Gasteiger partial charge in [0.25, 0.3) is 0 Å². The molecule has 3 aromatic rings. The molecule has 1 aromatic heterocycles. The Labute approximate surface area is 150 Å². The van der Waals surface area contributed by atoms with Gasteiger partial charge in [0.2, 0.25) is 6.41 Å². The van der Waals surface area contributed by atoms with Crippen molar-refractivity contribution in [3.05, 3.63) is 60.0 Å². The van der Waals surface area contributed by atoms with Crippen LogP contribution in [0.15, 0.2) is 48.7 Å². The van der Waals surface area contributed by atoms with Crippen LogP contribution in [0, 0.1) is 5.82 Å². The number of alkyl halides is 3. The molecule has 0 aliphatic rings. The molecule has 0 bridgehead atoms. The van der Waals surface area contributed by atoms with E-state index in [-0.39, 0.29) is 17.8 Å². The lowest BCUT2D eigenvalue weighted by Crippen LogP contribution is -2.33. The van der Waals surface area contributed by atoms with Crippen molar-refractivity contribution in [2.45, 2.75) is 6.18 Å². The van der Waals surface area contributed by atoms with Crippen LogP contribution in [0.25, 0.3) is 10.9 Å². The maximum Gasteiger partial charge on any atom is 0.419 e. The average molecular weight is 379 g/mol. The van der Waals surface area contributed by atoms with Gasteiger partial charge in [0, 0.05) is 24.4 Å². The molecule has 2 aromatic carbocycles. The molecule has 27 heavy (non-hydrogen) atoms. The molecule has 5 nitrogen and oxygen atoms in total. The lowest BCUT2D eigenvalue weighted by molar-refractivity contribution is -0.139. The number of anilines is 2. The second-order valence-electron chi connectivity index (χ2n) is 5.77.